The number of piperidine rings is 1. The lowest BCUT2D eigenvalue weighted by Gasteiger charge is -2.34. The predicted molar refractivity (Wildman–Crippen MR) is 104 cm³/mol. The summed E-state index contributed by atoms with van der Waals surface area (Å²) in [6.07, 6.45) is 2.98. The van der Waals surface area contributed by atoms with Crippen LogP contribution in [0.25, 0.3) is 0 Å². The first-order valence-corrected chi connectivity index (χ1v) is 9.78. The van der Waals surface area contributed by atoms with Crippen LogP contribution in [0.5, 0.6) is 0 Å². The Hall–Kier alpha value is -1.30. The number of carbonyl (C=O) groups excluding carboxylic acids is 1. The van der Waals surface area contributed by atoms with E-state index in [-0.39, 0.29) is 11.9 Å². The van der Waals surface area contributed by atoms with Gasteiger partial charge in [0.25, 0.3) is 0 Å². The zero-order valence-corrected chi connectivity index (χ0v) is 17.0. The Bertz CT molecular complexity index is 416. The van der Waals surface area contributed by atoms with Crippen molar-refractivity contribution in [3.8, 4) is 0 Å². The number of esters is 1. The van der Waals surface area contributed by atoms with Gasteiger partial charge < -0.3 is 15.0 Å². The molecule has 0 aromatic rings. The minimum absolute atomic E-state index is 0.0374. The van der Waals surface area contributed by atoms with Gasteiger partial charge in [0.2, 0.25) is 0 Å². The first-order chi connectivity index (χ1) is 11.9. The molecule has 0 aliphatic carbocycles. The molecule has 0 saturated carbocycles. The Morgan fingerprint density at radius 3 is 2.56 bits per heavy atom. The maximum Gasteiger partial charge on any atom is 0.310 e. The van der Waals surface area contributed by atoms with Crippen molar-refractivity contribution in [2.45, 2.75) is 66.0 Å². The number of aliphatic imine (C=N–C) groups is 1. The van der Waals surface area contributed by atoms with Crippen molar-refractivity contribution in [3.05, 3.63) is 0 Å². The Labute approximate surface area is 154 Å². The van der Waals surface area contributed by atoms with Gasteiger partial charge in [-0.15, -0.1) is 0 Å². The van der Waals surface area contributed by atoms with Crippen LogP contribution in [0, 0.1) is 5.92 Å². The van der Waals surface area contributed by atoms with Gasteiger partial charge in [0.05, 0.1) is 12.5 Å². The topological polar surface area (TPSA) is 57.2 Å². The molecule has 1 rings (SSSR count). The number of likely N-dealkylation sites (tertiary alicyclic amines) is 1. The van der Waals surface area contributed by atoms with E-state index < -0.39 is 0 Å². The van der Waals surface area contributed by atoms with Gasteiger partial charge in [-0.3, -0.25) is 14.7 Å². The Balaban J connectivity index is 2.44. The van der Waals surface area contributed by atoms with Gasteiger partial charge in [-0.25, -0.2) is 0 Å². The van der Waals surface area contributed by atoms with Crippen molar-refractivity contribution in [2.75, 3.05) is 39.8 Å². The molecule has 1 fully saturated rings. The quantitative estimate of drug-likeness (QED) is 0.314. The van der Waals surface area contributed by atoms with Crippen LogP contribution in [0.1, 0.15) is 53.9 Å². The number of guanidine groups is 1. The summed E-state index contributed by atoms with van der Waals surface area (Å²) in [5.41, 5.74) is 0. The van der Waals surface area contributed by atoms with Crippen molar-refractivity contribution < 1.29 is 9.53 Å². The highest BCUT2D eigenvalue weighted by Crippen LogP contribution is 2.18. The molecule has 0 radical (unpaired) electrons. The largest absolute Gasteiger partial charge is 0.466 e. The lowest BCUT2D eigenvalue weighted by Crippen LogP contribution is -2.48. The highest BCUT2D eigenvalue weighted by atomic mass is 16.5. The fraction of sp³-hybridized carbons (Fsp3) is 0.895. The van der Waals surface area contributed by atoms with Crippen LogP contribution in [-0.2, 0) is 9.53 Å². The number of nitrogens with one attached hydrogen (secondary N) is 1. The first-order valence-electron chi connectivity index (χ1n) is 9.78. The van der Waals surface area contributed by atoms with Crippen molar-refractivity contribution in [1.82, 2.24) is 15.1 Å². The van der Waals surface area contributed by atoms with Crippen LogP contribution in [0.15, 0.2) is 4.99 Å². The molecule has 6 heteroatoms. The highest BCUT2D eigenvalue weighted by molar-refractivity contribution is 5.81. The van der Waals surface area contributed by atoms with Crippen LogP contribution in [0.3, 0.4) is 0 Å². The first kappa shape index (κ1) is 21.7. The summed E-state index contributed by atoms with van der Waals surface area (Å²) in [6, 6.07) is 1.12. The lowest BCUT2D eigenvalue weighted by molar-refractivity contribution is -0.149. The summed E-state index contributed by atoms with van der Waals surface area (Å²) in [6.45, 7) is 14.9. The molecule has 0 aromatic heterocycles. The Morgan fingerprint density at radius 1 is 1.32 bits per heavy atom. The Kier molecular flexibility index (Phi) is 9.86. The SMILES string of the molecule is CCOC(=O)C1CCCN(C(=NC)NCCCN(C(C)C)C(C)C)C1. The molecular formula is C19H38N4O2. The standard InChI is InChI=1S/C19H38N4O2/c1-7-25-18(24)17-10-8-12-22(14-17)19(20-6)21-11-9-13-23(15(2)3)16(4)5/h15-17H,7-14H2,1-6H3,(H,20,21). The molecule has 1 N–H and O–H groups in total. The van der Waals surface area contributed by atoms with Gasteiger partial charge in [0.15, 0.2) is 5.96 Å². The molecular weight excluding hydrogens is 316 g/mol. The van der Waals surface area contributed by atoms with E-state index in [9.17, 15) is 4.79 Å². The second-order valence-electron chi connectivity index (χ2n) is 7.29. The molecule has 1 aliphatic rings. The molecule has 1 atom stereocenters. The second-order valence-corrected chi connectivity index (χ2v) is 7.29. The van der Waals surface area contributed by atoms with Crippen molar-refractivity contribution >= 4 is 11.9 Å². The molecule has 146 valence electrons. The molecule has 6 nitrogen and oxygen atoms in total. The minimum Gasteiger partial charge on any atom is -0.466 e. The normalized spacial score (nSPS) is 19.0. The van der Waals surface area contributed by atoms with Gasteiger partial charge in [-0.05, 0) is 53.9 Å². The average molecular weight is 355 g/mol. The molecule has 1 saturated heterocycles. The van der Waals surface area contributed by atoms with E-state index in [0.29, 0.717) is 25.2 Å². The van der Waals surface area contributed by atoms with Gasteiger partial charge in [0, 0.05) is 45.3 Å². The van der Waals surface area contributed by atoms with Crippen molar-refractivity contribution in [2.24, 2.45) is 10.9 Å². The van der Waals surface area contributed by atoms with Crippen molar-refractivity contribution in [3.63, 3.8) is 0 Å². The van der Waals surface area contributed by atoms with Gasteiger partial charge in [-0.2, -0.15) is 0 Å². The number of carbonyl (C=O) groups is 1. The van der Waals surface area contributed by atoms with E-state index in [2.05, 4.69) is 47.8 Å². The van der Waals surface area contributed by atoms with E-state index in [1.54, 1.807) is 0 Å². The average Bonchev–Trinajstić information content (AvgIpc) is 2.57. The maximum absolute atomic E-state index is 12.0. The number of nitrogens with zero attached hydrogens (tertiary/aromatic N) is 3. The molecule has 1 heterocycles. The van der Waals surface area contributed by atoms with E-state index in [4.69, 9.17) is 4.74 Å². The smallest absolute Gasteiger partial charge is 0.310 e. The fourth-order valence-corrected chi connectivity index (χ4v) is 3.53. The summed E-state index contributed by atoms with van der Waals surface area (Å²) in [7, 11) is 1.81. The third-order valence-corrected chi connectivity index (χ3v) is 4.76. The van der Waals surface area contributed by atoms with Gasteiger partial charge >= 0.3 is 5.97 Å². The number of hydrogen-bond donors (Lipinski definition) is 1. The third-order valence-electron chi connectivity index (χ3n) is 4.76. The summed E-state index contributed by atoms with van der Waals surface area (Å²) in [5.74, 6) is 0.784. The predicted octanol–water partition coefficient (Wildman–Crippen LogP) is 2.35. The second kappa shape index (κ2) is 11.3. The fourth-order valence-electron chi connectivity index (χ4n) is 3.53. The monoisotopic (exact) mass is 354 g/mol. The van der Waals surface area contributed by atoms with E-state index >= 15 is 0 Å². The minimum atomic E-state index is -0.0767. The van der Waals surface area contributed by atoms with E-state index in [1.165, 1.54) is 0 Å². The molecule has 1 aliphatic heterocycles. The zero-order valence-electron chi connectivity index (χ0n) is 17.0. The number of hydrogen-bond acceptors (Lipinski definition) is 4. The number of ether oxygens (including phenoxy) is 1. The summed E-state index contributed by atoms with van der Waals surface area (Å²) in [4.78, 5) is 21.1. The molecule has 0 spiro atoms. The summed E-state index contributed by atoms with van der Waals surface area (Å²) >= 11 is 0. The zero-order chi connectivity index (χ0) is 18.8. The third kappa shape index (κ3) is 7.22. The molecule has 0 amide bonds. The van der Waals surface area contributed by atoms with Crippen LogP contribution in [0.4, 0.5) is 0 Å². The Morgan fingerprint density at radius 2 is 2.00 bits per heavy atom. The van der Waals surface area contributed by atoms with Gasteiger partial charge in [0.1, 0.15) is 0 Å². The maximum atomic E-state index is 12.0. The van der Waals surface area contributed by atoms with Gasteiger partial charge in [-0.1, -0.05) is 0 Å². The van der Waals surface area contributed by atoms with E-state index in [0.717, 1.165) is 44.9 Å². The summed E-state index contributed by atoms with van der Waals surface area (Å²) in [5, 5.41) is 3.46. The lowest BCUT2D eigenvalue weighted by atomic mass is 9.98. The molecule has 0 bridgehead atoms. The molecule has 0 aromatic carbocycles. The van der Waals surface area contributed by atoms with Crippen molar-refractivity contribution in [1.29, 1.82) is 0 Å². The van der Waals surface area contributed by atoms with Crippen LogP contribution >= 0.6 is 0 Å². The summed E-state index contributed by atoms with van der Waals surface area (Å²) < 4.78 is 5.18. The number of rotatable bonds is 8. The highest BCUT2D eigenvalue weighted by Gasteiger charge is 2.28. The molecule has 1 unspecified atom stereocenters. The van der Waals surface area contributed by atoms with Crippen LogP contribution in [0.2, 0.25) is 0 Å². The van der Waals surface area contributed by atoms with E-state index in [1.807, 2.05) is 14.0 Å². The van der Waals surface area contributed by atoms with Crippen LogP contribution in [-0.4, -0.2) is 73.6 Å². The molecule has 25 heavy (non-hydrogen) atoms. The van der Waals surface area contributed by atoms with Crippen LogP contribution < -0.4 is 5.32 Å².